The van der Waals surface area contributed by atoms with Crippen LogP contribution < -0.4 is 5.32 Å². The lowest BCUT2D eigenvalue weighted by atomic mass is 10.0. The summed E-state index contributed by atoms with van der Waals surface area (Å²) in [5.41, 5.74) is 1.94. The summed E-state index contributed by atoms with van der Waals surface area (Å²) >= 11 is 0. The zero-order chi connectivity index (χ0) is 18.1. The Morgan fingerprint density at radius 1 is 1.44 bits per heavy atom. The molecule has 1 aliphatic carbocycles. The molecule has 0 saturated heterocycles. The summed E-state index contributed by atoms with van der Waals surface area (Å²) in [5.74, 6) is -1.61. The van der Waals surface area contributed by atoms with Crippen LogP contribution >= 0.6 is 0 Å². The molecule has 1 fully saturated rings. The van der Waals surface area contributed by atoms with Crippen LogP contribution in [-0.4, -0.2) is 37.8 Å². The Balaban J connectivity index is 1.94. The number of hydrogen-bond acceptors (Lipinski definition) is 4. The van der Waals surface area contributed by atoms with Gasteiger partial charge in [-0.1, -0.05) is 13.3 Å². The SMILES string of the molecule is CCC(C)n1ncc2c(C(=O)N[C@@H]3CCC[C@@H]3C(=O)O)cc(C)nc21. The predicted octanol–water partition coefficient (Wildman–Crippen LogP) is 2.69. The first-order valence-corrected chi connectivity index (χ1v) is 8.80. The van der Waals surface area contributed by atoms with E-state index in [0.717, 1.165) is 18.5 Å². The molecule has 3 rings (SSSR count). The molecular formula is C18H24N4O3. The molecule has 0 aromatic carbocycles. The number of aryl methyl sites for hydroxylation is 1. The van der Waals surface area contributed by atoms with Crippen molar-refractivity contribution in [3.8, 4) is 0 Å². The molecule has 2 aromatic heterocycles. The Morgan fingerprint density at radius 3 is 2.88 bits per heavy atom. The van der Waals surface area contributed by atoms with Gasteiger partial charge in [0, 0.05) is 11.7 Å². The second-order valence-corrected chi connectivity index (χ2v) is 6.85. The van der Waals surface area contributed by atoms with Gasteiger partial charge in [0.2, 0.25) is 0 Å². The van der Waals surface area contributed by atoms with E-state index in [1.807, 2.05) is 11.6 Å². The summed E-state index contributed by atoms with van der Waals surface area (Å²) < 4.78 is 1.84. The molecule has 25 heavy (non-hydrogen) atoms. The smallest absolute Gasteiger partial charge is 0.308 e. The molecule has 1 aliphatic rings. The molecule has 2 N–H and O–H groups in total. The second-order valence-electron chi connectivity index (χ2n) is 6.85. The van der Waals surface area contributed by atoms with Crippen molar-refractivity contribution < 1.29 is 14.7 Å². The Kier molecular flexibility index (Phi) is 4.74. The van der Waals surface area contributed by atoms with E-state index in [1.54, 1.807) is 12.3 Å². The van der Waals surface area contributed by atoms with Crippen molar-refractivity contribution in [1.29, 1.82) is 0 Å². The Hall–Kier alpha value is -2.44. The van der Waals surface area contributed by atoms with Crippen molar-refractivity contribution in [1.82, 2.24) is 20.1 Å². The van der Waals surface area contributed by atoms with Crippen LogP contribution in [-0.2, 0) is 4.79 Å². The van der Waals surface area contributed by atoms with Crippen LogP contribution in [0.3, 0.4) is 0 Å². The first-order valence-electron chi connectivity index (χ1n) is 8.80. The average Bonchev–Trinajstić information content (AvgIpc) is 3.20. The van der Waals surface area contributed by atoms with Gasteiger partial charge in [0.15, 0.2) is 5.65 Å². The normalized spacial score (nSPS) is 21.4. The molecule has 0 spiro atoms. The number of aliphatic carboxylic acids is 1. The first-order chi connectivity index (χ1) is 11.9. The van der Waals surface area contributed by atoms with Gasteiger partial charge < -0.3 is 10.4 Å². The van der Waals surface area contributed by atoms with Crippen molar-refractivity contribution in [2.45, 2.75) is 58.5 Å². The number of nitrogens with one attached hydrogen (secondary N) is 1. The Morgan fingerprint density at radius 2 is 2.20 bits per heavy atom. The molecule has 0 aliphatic heterocycles. The second kappa shape index (κ2) is 6.82. The van der Waals surface area contributed by atoms with Crippen molar-refractivity contribution in [3.05, 3.63) is 23.5 Å². The fraction of sp³-hybridized carbons (Fsp3) is 0.556. The minimum atomic E-state index is -0.844. The highest BCUT2D eigenvalue weighted by Gasteiger charge is 2.34. The van der Waals surface area contributed by atoms with E-state index in [4.69, 9.17) is 0 Å². The molecule has 134 valence electrons. The Bertz CT molecular complexity index is 814. The summed E-state index contributed by atoms with van der Waals surface area (Å²) in [5, 5.41) is 17.3. The zero-order valence-corrected chi connectivity index (χ0v) is 14.8. The van der Waals surface area contributed by atoms with Gasteiger partial charge in [0.1, 0.15) is 0 Å². The quantitative estimate of drug-likeness (QED) is 0.869. The van der Waals surface area contributed by atoms with Gasteiger partial charge in [-0.15, -0.1) is 0 Å². The standard InChI is InChI=1S/C18H24N4O3/c1-4-11(3)22-16-14(9-19-22)13(8-10(2)20-16)17(23)21-15-7-5-6-12(15)18(24)25/h8-9,11-12,15H,4-7H2,1-3H3,(H,21,23)(H,24,25)/t11?,12-,15+/m0/s1. The van der Waals surface area contributed by atoms with Gasteiger partial charge in [0.05, 0.1) is 29.1 Å². The topological polar surface area (TPSA) is 97.1 Å². The van der Waals surface area contributed by atoms with Gasteiger partial charge in [-0.25, -0.2) is 9.67 Å². The summed E-state index contributed by atoms with van der Waals surface area (Å²) in [6, 6.07) is 1.61. The molecular weight excluding hydrogens is 320 g/mol. The average molecular weight is 344 g/mol. The lowest BCUT2D eigenvalue weighted by Gasteiger charge is -2.18. The van der Waals surface area contributed by atoms with Crippen LogP contribution in [0.2, 0.25) is 0 Å². The number of fused-ring (bicyclic) bond motifs is 1. The minimum absolute atomic E-state index is 0.189. The van der Waals surface area contributed by atoms with Gasteiger partial charge in [-0.2, -0.15) is 5.10 Å². The summed E-state index contributed by atoms with van der Waals surface area (Å²) in [4.78, 5) is 28.7. The van der Waals surface area contributed by atoms with Crippen molar-refractivity contribution in [2.24, 2.45) is 5.92 Å². The third-order valence-electron chi connectivity index (χ3n) is 5.10. The van der Waals surface area contributed by atoms with Gasteiger partial charge in [-0.3, -0.25) is 9.59 Å². The highest BCUT2D eigenvalue weighted by Crippen LogP contribution is 2.27. The highest BCUT2D eigenvalue weighted by atomic mass is 16.4. The fourth-order valence-electron chi connectivity index (χ4n) is 3.50. The van der Waals surface area contributed by atoms with E-state index < -0.39 is 11.9 Å². The van der Waals surface area contributed by atoms with Crippen molar-refractivity contribution in [3.63, 3.8) is 0 Å². The summed E-state index contributed by atoms with van der Waals surface area (Å²) in [7, 11) is 0. The van der Waals surface area contributed by atoms with Crippen LogP contribution in [0.4, 0.5) is 0 Å². The minimum Gasteiger partial charge on any atom is -0.481 e. The van der Waals surface area contributed by atoms with E-state index in [9.17, 15) is 14.7 Å². The van der Waals surface area contributed by atoms with Crippen LogP contribution in [0.15, 0.2) is 12.3 Å². The lowest BCUT2D eigenvalue weighted by Crippen LogP contribution is -2.40. The summed E-state index contributed by atoms with van der Waals surface area (Å²) in [6.45, 7) is 5.99. The van der Waals surface area contributed by atoms with Gasteiger partial charge in [-0.05, 0) is 39.2 Å². The highest BCUT2D eigenvalue weighted by molar-refractivity contribution is 6.05. The zero-order valence-electron chi connectivity index (χ0n) is 14.8. The Labute approximate surface area is 146 Å². The number of carboxylic acids is 1. The fourth-order valence-corrected chi connectivity index (χ4v) is 3.50. The van der Waals surface area contributed by atoms with Gasteiger partial charge in [0.25, 0.3) is 5.91 Å². The molecule has 0 radical (unpaired) electrons. The van der Waals surface area contributed by atoms with Crippen LogP contribution in [0.1, 0.15) is 61.6 Å². The maximum absolute atomic E-state index is 12.8. The maximum atomic E-state index is 12.8. The van der Waals surface area contributed by atoms with Gasteiger partial charge >= 0.3 is 5.97 Å². The maximum Gasteiger partial charge on any atom is 0.308 e. The molecule has 3 atom stereocenters. The largest absolute Gasteiger partial charge is 0.481 e. The molecule has 2 heterocycles. The number of carbonyl (C=O) groups is 2. The molecule has 0 bridgehead atoms. The molecule has 1 unspecified atom stereocenters. The molecule has 2 aromatic rings. The first kappa shape index (κ1) is 17.4. The predicted molar refractivity (Wildman–Crippen MR) is 93.5 cm³/mol. The van der Waals surface area contributed by atoms with Crippen LogP contribution in [0.25, 0.3) is 11.0 Å². The van der Waals surface area contributed by atoms with E-state index in [0.29, 0.717) is 29.4 Å². The molecule has 1 saturated carbocycles. The molecule has 7 heteroatoms. The third kappa shape index (κ3) is 3.23. The summed E-state index contributed by atoms with van der Waals surface area (Å²) in [6.07, 6.45) is 4.71. The van der Waals surface area contributed by atoms with E-state index in [1.165, 1.54) is 0 Å². The third-order valence-corrected chi connectivity index (χ3v) is 5.10. The van der Waals surface area contributed by atoms with Crippen LogP contribution in [0, 0.1) is 12.8 Å². The molecule has 1 amide bonds. The number of pyridine rings is 1. The number of aromatic nitrogens is 3. The number of hydrogen-bond donors (Lipinski definition) is 2. The van der Waals surface area contributed by atoms with Crippen molar-refractivity contribution in [2.75, 3.05) is 0 Å². The van der Waals surface area contributed by atoms with E-state index >= 15 is 0 Å². The van der Waals surface area contributed by atoms with Crippen molar-refractivity contribution >= 4 is 22.9 Å². The van der Waals surface area contributed by atoms with Crippen LogP contribution in [0.5, 0.6) is 0 Å². The monoisotopic (exact) mass is 344 g/mol. The van der Waals surface area contributed by atoms with E-state index in [-0.39, 0.29) is 18.0 Å². The van der Waals surface area contributed by atoms with E-state index in [2.05, 4.69) is 29.2 Å². The number of nitrogens with zero attached hydrogens (tertiary/aromatic N) is 3. The number of amides is 1. The lowest BCUT2D eigenvalue weighted by molar-refractivity contribution is -0.142. The molecule has 7 nitrogen and oxygen atoms in total. The number of carbonyl (C=O) groups excluding carboxylic acids is 1. The number of carboxylic acid groups (broad SMARTS) is 1. The number of rotatable bonds is 5.